The molecule has 1 aliphatic heterocycles. The molecule has 0 fully saturated rings. The molecule has 0 saturated heterocycles. The van der Waals surface area contributed by atoms with Gasteiger partial charge in [-0.05, 0) is 18.6 Å². The summed E-state index contributed by atoms with van der Waals surface area (Å²) in [5, 5.41) is 47.8. The Bertz CT molecular complexity index is 763. The molecule has 0 bridgehead atoms. The number of hydrogen-bond acceptors (Lipinski definition) is 9. The van der Waals surface area contributed by atoms with Crippen molar-refractivity contribution in [3.63, 3.8) is 0 Å². The van der Waals surface area contributed by atoms with Crippen molar-refractivity contribution < 1.29 is 44.6 Å². The number of phenolic OH excluding ortho intramolecular Hbond substituents is 2. The highest BCUT2D eigenvalue weighted by Crippen LogP contribution is 2.34. The summed E-state index contributed by atoms with van der Waals surface area (Å²) < 4.78 is 9.54. The molecule has 134 valence electrons. The van der Waals surface area contributed by atoms with Crippen LogP contribution in [-0.4, -0.2) is 56.3 Å². The van der Waals surface area contributed by atoms with Gasteiger partial charge in [-0.3, -0.25) is 0 Å². The molecule has 9 nitrogen and oxygen atoms in total. The Morgan fingerprint density at radius 3 is 2.64 bits per heavy atom. The Morgan fingerprint density at radius 1 is 1.36 bits per heavy atom. The number of allylic oxidation sites excluding steroid dienone is 1. The minimum atomic E-state index is -1.64. The van der Waals surface area contributed by atoms with E-state index in [9.17, 15) is 30.0 Å². The van der Waals surface area contributed by atoms with E-state index in [0.29, 0.717) is 0 Å². The van der Waals surface area contributed by atoms with Crippen molar-refractivity contribution in [3.05, 3.63) is 40.9 Å². The standard InChI is InChI=1S/C16H16O9/c1-2-3-7-4-5-8(18)11(20)10(7)15(22)25-14-12(21)16(23)24-13(14)9(19)6-17/h2-5,9,13,17-21H,6H2,1H3/t9-,13+/m0/s1. The lowest BCUT2D eigenvalue weighted by atomic mass is 10.0. The monoisotopic (exact) mass is 352 g/mol. The predicted molar refractivity (Wildman–Crippen MR) is 82.5 cm³/mol. The van der Waals surface area contributed by atoms with Crippen molar-refractivity contribution in [2.24, 2.45) is 0 Å². The molecule has 0 aromatic heterocycles. The van der Waals surface area contributed by atoms with Crippen LogP contribution in [0.2, 0.25) is 0 Å². The molecular weight excluding hydrogens is 336 g/mol. The second-order valence-electron chi connectivity index (χ2n) is 5.08. The topological polar surface area (TPSA) is 154 Å². The zero-order valence-corrected chi connectivity index (χ0v) is 13.0. The van der Waals surface area contributed by atoms with Crippen LogP contribution in [0.15, 0.2) is 29.7 Å². The van der Waals surface area contributed by atoms with Gasteiger partial charge in [0.15, 0.2) is 17.6 Å². The molecule has 9 heteroatoms. The summed E-state index contributed by atoms with van der Waals surface area (Å²) in [6.07, 6.45) is -0.199. The van der Waals surface area contributed by atoms with E-state index in [-0.39, 0.29) is 5.56 Å². The van der Waals surface area contributed by atoms with Crippen molar-refractivity contribution in [3.8, 4) is 11.5 Å². The van der Waals surface area contributed by atoms with Crippen LogP contribution in [0.25, 0.3) is 6.08 Å². The number of aromatic hydroxyl groups is 2. The minimum Gasteiger partial charge on any atom is -0.504 e. The summed E-state index contributed by atoms with van der Waals surface area (Å²) in [6.45, 7) is 0.831. The second-order valence-corrected chi connectivity index (χ2v) is 5.08. The quantitative estimate of drug-likeness (QED) is 0.372. The molecule has 2 atom stereocenters. The highest BCUT2D eigenvalue weighted by Gasteiger charge is 2.42. The van der Waals surface area contributed by atoms with Gasteiger partial charge in [0.1, 0.15) is 11.7 Å². The molecule has 0 aliphatic carbocycles. The smallest absolute Gasteiger partial charge is 0.378 e. The molecule has 0 spiro atoms. The number of rotatable bonds is 5. The van der Waals surface area contributed by atoms with Crippen LogP contribution in [0.3, 0.4) is 0 Å². The largest absolute Gasteiger partial charge is 0.504 e. The molecule has 1 aliphatic rings. The number of hydrogen-bond donors (Lipinski definition) is 5. The van der Waals surface area contributed by atoms with E-state index in [2.05, 4.69) is 4.74 Å². The lowest BCUT2D eigenvalue weighted by molar-refractivity contribution is -0.147. The first-order valence-electron chi connectivity index (χ1n) is 7.14. The fourth-order valence-electron chi connectivity index (χ4n) is 2.20. The molecule has 0 saturated carbocycles. The summed E-state index contributed by atoms with van der Waals surface area (Å²) in [5.74, 6) is -5.54. The molecule has 0 amide bonds. The summed E-state index contributed by atoms with van der Waals surface area (Å²) in [5.41, 5.74) is -0.220. The van der Waals surface area contributed by atoms with Gasteiger partial charge in [0.2, 0.25) is 11.5 Å². The average Bonchev–Trinajstić information content (AvgIpc) is 2.86. The molecule has 5 N–H and O–H groups in total. The Kier molecular flexibility index (Phi) is 5.30. The van der Waals surface area contributed by atoms with E-state index in [4.69, 9.17) is 9.84 Å². The zero-order chi connectivity index (χ0) is 18.7. The molecular formula is C16H16O9. The van der Waals surface area contributed by atoms with E-state index >= 15 is 0 Å². The fourth-order valence-corrected chi connectivity index (χ4v) is 2.20. The van der Waals surface area contributed by atoms with Crippen molar-refractivity contribution in [2.45, 2.75) is 19.1 Å². The van der Waals surface area contributed by atoms with Gasteiger partial charge in [-0.25, -0.2) is 9.59 Å². The maximum Gasteiger partial charge on any atom is 0.378 e. The Labute approximate surface area is 141 Å². The van der Waals surface area contributed by atoms with Gasteiger partial charge in [0.05, 0.1) is 6.61 Å². The van der Waals surface area contributed by atoms with E-state index < -0.39 is 59.3 Å². The lowest BCUT2D eigenvalue weighted by Gasteiger charge is -2.18. The molecule has 1 heterocycles. The van der Waals surface area contributed by atoms with Crippen LogP contribution in [0.1, 0.15) is 22.8 Å². The zero-order valence-electron chi connectivity index (χ0n) is 13.0. The van der Waals surface area contributed by atoms with Crippen LogP contribution in [0.5, 0.6) is 11.5 Å². The third-order valence-corrected chi connectivity index (χ3v) is 3.40. The molecule has 0 unspecified atom stereocenters. The maximum absolute atomic E-state index is 12.4. The summed E-state index contributed by atoms with van der Waals surface area (Å²) >= 11 is 0. The van der Waals surface area contributed by atoms with E-state index in [0.717, 1.165) is 0 Å². The number of aliphatic hydroxyl groups excluding tert-OH is 3. The number of benzene rings is 1. The van der Waals surface area contributed by atoms with Crippen molar-refractivity contribution in [1.29, 1.82) is 0 Å². The van der Waals surface area contributed by atoms with E-state index in [1.54, 1.807) is 13.0 Å². The normalized spacial score (nSPS) is 18.5. The molecule has 25 heavy (non-hydrogen) atoms. The van der Waals surface area contributed by atoms with E-state index in [1.807, 2.05) is 0 Å². The third kappa shape index (κ3) is 3.42. The van der Waals surface area contributed by atoms with Gasteiger partial charge < -0.3 is 35.0 Å². The summed E-state index contributed by atoms with van der Waals surface area (Å²) in [4.78, 5) is 23.8. The number of ether oxygens (including phenoxy) is 2. The lowest BCUT2D eigenvalue weighted by Crippen LogP contribution is -2.33. The molecule has 2 rings (SSSR count). The predicted octanol–water partition coefficient (Wildman–Crippen LogP) is 0.336. The minimum absolute atomic E-state index is 0.201. The number of aliphatic hydroxyl groups is 3. The first-order chi connectivity index (χ1) is 11.8. The van der Waals surface area contributed by atoms with Gasteiger partial charge in [-0.2, -0.15) is 0 Å². The molecule has 1 aromatic carbocycles. The van der Waals surface area contributed by atoms with Gasteiger partial charge in [-0.1, -0.05) is 18.2 Å². The summed E-state index contributed by atoms with van der Waals surface area (Å²) in [6, 6.07) is 2.51. The van der Waals surface area contributed by atoms with Crippen molar-refractivity contribution >= 4 is 18.0 Å². The van der Waals surface area contributed by atoms with Crippen LogP contribution in [-0.2, 0) is 14.3 Å². The SMILES string of the molecule is CC=Cc1ccc(O)c(O)c1C(=O)OC1=C(O)C(=O)O[C@@H]1[C@@H](O)CO. The van der Waals surface area contributed by atoms with Crippen LogP contribution in [0.4, 0.5) is 0 Å². The first kappa shape index (κ1) is 18.3. The van der Waals surface area contributed by atoms with Crippen LogP contribution in [0, 0.1) is 0 Å². The van der Waals surface area contributed by atoms with Gasteiger partial charge in [-0.15, -0.1) is 0 Å². The Morgan fingerprint density at radius 2 is 2.04 bits per heavy atom. The number of carbonyl (C=O) groups excluding carboxylic acids is 2. The van der Waals surface area contributed by atoms with Gasteiger partial charge in [0.25, 0.3) is 0 Å². The fraction of sp³-hybridized carbons (Fsp3) is 0.250. The van der Waals surface area contributed by atoms with Gasteiger partial charge in [0, 0.05) is 0 Å². The van der Waals surface area contributed by atoms with E-state index in [1.165, 1.54) is 18.2 Å². The third-order valence-electron chi connectivity index (χ3n) is 3.40. The van der Waals surface area contributed by atoms with Crippen molar-refractivity contribution in [1.82, 2.24) is 0 Å². The van der Waals surface area contributed by atoms with Crippen molar-refractivity contribution in [2.75, 3.05) is 6.61 Å². The molecule has 0 radical (unpaired) electrons. The number of esters is 2. The van der Waals surface area contributed by atoms with Crippen LogP contribution >= 0.6 is 0 Å². The number of carbonyl (C=O) groups is 2. The van der Waals surface area contributed by atoms with Crippen LogP contribution < -0.4 is 0 Å². The maximum atomic E-state index is 12.4. The first-order valence-corrected chi connectivity index (χ1v) is 7.14. The number of cyclic esters (lactones) is 1. The molecule has 1 aromatic rings. The number of phenols is 2. The average molecular weight is 352 g/mol. The highest BCUT2D eigenvalue weighted by molar-refractivity contribution is 5.99. The highest BCUT2D eigenvalue weighted by atomic mass is 16.6. The summed E-state index contributed by atoms with van der Waals surface area (Å²) in [7, 11) is 0. The Hall–Kier alpha value is -3.04. The van der Waals surface area contributed by atoms with Gasteiger partial charge >= 0.3 is 11.9 Å². The Balaban J connectivity index is 2.42. The second kappa shape index (κ2) is 7.24.